The highest BCUT2D eigenvalue weighted by molar-refractivity contribution is 7.93. The summed E-state index contributed by atoms with van der Waals surface area (Å²) in [5.41, 5.74) is 1.72. The van der Waals surface area contributed by atoms with Gasteiger partial charge in [0.25, 0.3) is 10.0 Å². The van der Waals surface area contributed by atoms with Crippen LogP contribution in [-0.4, -0.2) is 20.4 Å². The van der Waals surface area contributed by atoms with Gasteiger partial charge in [-0.15, -0.1) is 11.3 Å². The molecule has 1 aromatic carbocycles. The summed E-state index contributed by atoms with van der Waals surface area (Å²) in [5, 5.41) is 5.27. The maximum atomic E-state index is 12.3. The van der Waals surface area contributed by atoms with Crippen molar-refractivity contribution in [3.05, 3.63) is 40.9 Å². The second kappa shape index (κ2) is 5.90. The van der Waals surface area contributed by atoms with Gasteiger partial charge < -0.3 is 5.32 Å². The minimum atomic E-state index is -3.59. The third-order valence-electron chi connectivity index (χ3n) is 2.94. The number of hydrogen-bond donors (Lipinski definition) is 2. The van der Waals surface area contributed by atoms with Crippen LogP contribution >= 0.6 is 11.3 Å². The Morgan fingerprint density at radius 1 is 1.35 bits per heavy atom. The molecule has 0 fully saturated rings. The lowest BCUT2D eigenvalue weighted by atomic mass is 10.1. The van der Waals surface area contributed by atoms with Gasteiger partial charge in [0, 0.05) is 11.4 Å². The Morgan fingerprint density at radius 2 is 2.10 bits per heavy atom. The largest absolute Gasteiger partial charge is 0.313 e. The second-order valence-corrected chi connectivity index (χ2v) is 7.02. The van der Waals surface area contributed by atoms with Gasteiger partial charge in [-0.25, -0.2) is 13.4 Å². The van der Waals surface area contributed by atoms with Crippen molar-refractivity contribution in [3.8, 4) is 0 Å². The van der Waals surface area contributed by atoms with Crippen LogP contribution in [0.3, 0.4) is 0 Å². The summed E-state index contributed by atoms with van der Waals surface area (Å²) < 4.78 is 27.1. The van der Waals surface area contributed by atoms with E-state index in [1.807, 2.05) is 27.0 Å². The van der Waals surface area contributed by atoms with E-state index >= 15 is 0 Å². The summed E-state index contributed by atoms with van der Waals surface area (Å²) >= 11 is 1.27. The molecule has 108 valence electrons. The Bertz CT molecular complexity index is 695. The number of benzene rings is 1. The zero-order valence-corrected chi connectivity index (χ0v) is 13.2. The van der Waals surface area contributed by atoms with Crippen LogP contribution in [0.4, 0.5) is 5.13 Å². The van der Waals surface area contributed by atoms with Gasteiger partial charge in [-0.1, -0.05) is 12.1 Å². The molecule has 0 radical (unpaired) electrons. The van der Waals surface area contributed by atoms with Crippen molar-refractivity contribution in [2.75, 3.05) is 11.8 Å². The number of thiazole rings is 1. The standard InChI is InChI=1S/C13H17N3O2S2/c1-9-8-19-13(15-9)16-20(17,18)12-6-4-5-11(7-12)10(2)14-3/h4-8,10,14H,1-3H3,(H,15,16). The molecular formula is C13H17N3O2S2. The monoisotopic (exact) mass is 311 g/mol. The van der Waals surface area contributed by atoms with E-state index < -0.39 is 10.0 Å². The molecule has 7 heteroatoms. The molecule has 20 heavy (non-hydrogen) atoms. The maximum absolute atomic E-state index is 12.3. The number of anilines is 1. The van der Waals surface area contributed by atoms with Crippen molar-refractivity contribution in [1.82, 2.24) is 10.3 Å². The fraction of sp³-hybridized carbons (Fsp3) is 0.308. The minimum Gasteiger partial charge on any atom is -0.313 e. The Morgan fingerprint density at radius 3 is 2.70 bits per heavy atom. The van der Waals surface area contributed by atoms with Crippen LogP contribution in [0.2, 0.25) is 0 Å². The summed E-state index contributed by atoms with van der Waals surface area (Å²) in [7, 11) is -1.76. The first-order valence-corrected chi connectivity index (χ1v) is 8.51. The summed E-state index contributed by atoms with van der Waals surface area (Å²) in [6.07, 6.45) is 0. The molecule has 0 saturated heterocycles. The average molecular weight is 311 g/mol. The quantitative estimate of drug-likeness (QED) is 0.890. The Kier molecular flexibility index (Phi) is 4.42. The number of nitrogens with one attached hydrogen (secondary N) is 2. The molecule has 2 rings (SSSR count). The lowest BCUT2D eigenvalue weighted by Gasteiger charge is -2.12. The summed E-state index contributed by atoms with van der Waals surface area (Å²) in [5.74, 6) is 0. The third kappa shape index (κ3) is 3.36. The number of aryl methyl sites for hydroxylation is 1. The van der Waals surface area contributed by atoms with E-state index in [4.69, 9.17) is 0 Å². The van der Waals surface area contributed by atoms with Crippen LogP contribution in [0.1, 0.15) is 24.2 Å². The molecule has 1 aromatic heterocycles. The highest BCUT2D eigenvalue weighted by Crippen LogP contribution is 2.22. The van der Waals surface area contributed by atoms with Gasteiger partial charge in [0.2, 0.25) is 0 Å². The van der Waals surface area contributed by atoms with Crippen LogP contribution in [0.25, 0.3) is 0 Å². The fourth-order valence-electron chi connectivity index (χ4n) is 1.69. The molecule has 0 spiro atoms. The SMILES string of the molecule is CNC(C)c1cccc(S(=O)(=O)Nc2nc(C)cs2)c1. The van der Waals surface area contributed by atoms with Gasteiger partial charge in [-0.2, -0.15) is 0 Å². The van der Waals surface area contributed by atoms with Gasteiger partial charge in [-0.3, -0.25) is 4.72 Å². The molecule has 5 nitrogen and oxygen atoms in total. The molecule has 0 bridgehead atoms. The van der Waals surface area contributed by atoms with Crippen molar-refractivity contribution in [1.29, 1.82) is 0 Å². The lowest BCUT2D eigenvalue weighted by Crippen LogP contribution is -2.15. The van der Waals surface area contributed by atoms with Crippen molar-refractivity contribution >= 4 is 26.5 Å². The highest BCUT2D eigenvalue weighted by atomic mass is 32.2. The van der Waals surface area contributed by atoms with Crippen LogP contribution < -0.4 is 10.0 Å². The van der Waals surface area contributed by atoms with E-state index in [9.17, 15) is 8.42 Å². The number of sulfonamides is 1. The van der Waals surface area contributed by atoms with Crippen molar-refractivity contribution < 1.29 is 8.42 Å². The van der Waals surface area contributed by atoms with Crippen molar-refractivity contribution in [3.63, 3.8) is 0 Å². The molecule has 0 aliphatic heterocycles. The number of nitrogens with zero attached hydrogens (tertiary/aromatic N) is 1. The molecule has 0 aliphatic carbocycles. The van der Waals surface area contributed by atoms with E-state index in [1.165, 1.54) is 11.3 Å². The molecule has 1 unspecified atom stereocenters. The van der Waals surface area contributed by atoms with Crippen molar-refractivity contribution in [2.45, 2.75) is 24.8 Å². The number of aromatic nitrogens is 1. The first kappa shape index (κ1) is 15.0. The molecule has 1 heterocycles. The summed E-state index contributed by atoms with van der Waals surface area (Å²) in [4.78, 5) is 4.35. The maximum Gasteiger partial charge on any atom is 0.263 e. The lowest BCUT2D eigenvalue weighted by molar-refractivity contribution is 0.600. The van der Waals surface area contributed by atoms with Gasteiger partial charge >= 0.3 is 0 Å². The van der Waals surface area contributed by atoms with Gasteiger partial charge in [-0.05, 0) is 38.6 Å². The van der Waals surface area contributed by atoms with E-state index in [0.717, 1.165) is 11.3 Å². The zero-order chi connectivity index (χ0) is 14.8. The molecular weight excluding hydrogens is 294 g/mol. The molecule has 0 saturated carbocycles. The summed E-state index contributed by atoms with van der Waals surface area (Å²) in [6.45, 7) is 3.80. The van der Waals surface area contributed by atoms with Crippen LogP contribution in [-0.2, 0) is 10.0 Å². The van der Waals surface area contributed by atoms with E-state index in [2.05, 4.69) is 15.0 Å². The van der Waals surface area contributed by atoms with Crippen LogP contribution in [0.5, 0.6) is 0 Å². The zero-order valence-electron chi connectivity index (χ0n) is 11.5. The van der Waals surface area contributed by atoms with E-state index in [-0.39, 0.29) is 10.9 Å². The fourth-order valence-corrected chi connectivity index (χ4v) is 3.69. The topological polar surface area (TPSA) is 71.1 Å². The van der Waals surface area contributed by atoms with Gasteiger partial charge in [0.1, 0.15) is 0 Å². The minimum absolute atomic E-state index is 0.0901. The predicted octanol–water partition coefficient (Wildman–Crippen LogP) is 2.53. The predicted molar refractivity (Wildman–Crippen MR) is 81.6 cm³/mol. The molecule has 0 aliphatic rings. The Labute approximate surface area is 123 Å². The Hall–Kier alpha value is -1.44. The average Bonchev–Trinajstić information content (AvgIpc) is 2.82. The highest BCUT2D eigenvalue weighted by Gasteiger charge is 2.17. The number of hydrogen-bond acceptors (Lipinski definition) is 5. The van der Waals surface area contributed by atoms with Crippen LogP contribution in [0.15, 0.2) is 34.5 Å². The Balaban J connectivity index is 2.29. The molecule has 2 N–H and O–H groups in total. The second-order valence-electron chi connectivity index (χ2n) is 4.48. The molecule has 1 atom stereocenters. The third-order valence-corrected chi connectivity index (χ3v) is 5.28. The van der Waals surface area contributed by atoms with Gasteiger partial charge in [0.15, 0.2) is 5.13 Å². The number of rotatable bonds is 5. The van der Waals surface area contributed by atoms with Gasteiger partial charge in [0.05, 0.1) is 10.6 Å². The normalized spacial score (nSPS) is 13.2. The summed E-state index contributed by atoms with van der Waals surface area (Å²) in [6, 6.07) is 6.98. The first-order valence-electron chi connectivity index (χ1n) is 6.14. The van der Waals surface area contributed by atoms with E-state index in [1.54, 1.807) is 23.6 Å². The van der Waals surface area contributed by atoms with Crippen LogP contribution in [0, 0.1) is 6.92 Å². The molecule has 2 aromatic rings. The molecule has 0 amide bonds. The first-order chi connectivity index (χ1) is 9.42. The van der Waals surface area contributed by atoms with Crippen molar-refractivity contribution in [2.24, 2.45) is 0 Å². The van der Waals surface area contributed by atoms with E-state index in [0.29, 0.717) is 5.13 Å². The smallest absolute Gasteiger partial charge is 0.263 e.